The maximum Gasteiger partial charge on any atom is 0.338 e. The third-order valence-electron chi connectivity index (χ3n) is 4.63. The molecule has 124 valence electrons. The van der Waals surface area contributed by atoms with E-state index in [9.17, 15) is 14.7 Å². The molecule has 3 rings (SSSR count). The summed E-state index contributed by atoms with van der Waals surface area (Å²) in [6.07, 6.45) is 0.192. The first-order valence-electron chi connectivity index (χ1n) is 8.08. The Balaban J connectivity index is 1.80. The van der Waals surface area contributed by atoms with Crippen LogP contribution >= 0.6 is 0 Å². The Hall–Kier alpha value is -1.88. The fourth-order valence-electron chi connectivity index (χ4n) is 3.67. The number of fused-ring (bicyclic) bond motifs is 2. The molecule has 5 heteroatoms. The highest BCUT2D eigenvalue weighted by atomic mass is 16.6. The summed E-state index contributed by atoms with van der Waals surface area (Å²) in [6.45, 7) is 4.14. The van der Waals surface area contributed by atoms with Crippen molar-refractivity contribution in [3.63, 3.8) is 0 Å². The van der Waals surface area contributed by atoms with E-state index in [4.69, 9.17) is 9.47 Å². The van der Waals surface area contributed by atoms with Crippen molar-refractivity contribution >= 4 is 11.9 Å². The van der Waals surface area contributed by atoms with E-state index in [-0.39, 0.29) is 18.8 Å². The number of rotatable bonds is 4. The maximum absolute atomic E-state index is 12.4. The molecule has 23 heavy (non-hydrogen) atoms. The smallest absolute Gasteiger partial charge is 0.338 e. The zero-order valence-corrected chi connectivity index (χ0v) is 13.4. The van der Waals surface area contributed by atoms with E-state index in [0.29, 0.717) is 11.5 Å². The summed E-state index contributed by atoms with van der Waals surface area (Å²) in [5.41, 5.74) is -0.944. The lowest BCUT2D eigenvalue weighted by Gasteiger charge is -2.37. The Morgan fingerprint density at radius 1 is 1.35 bits per heavy atom. The van der Waals surface area contributed by atoms with Crippen LogP contribution in [0.3, 0.4) is 0 Å². The van der Waals surface area contributed by atoms with Gasteiger partial charge in [0.25, 0.3) is 0 Å². The number of esters is 2. The van der Waals surface area contributed by atoms with Crippen molar-refractivity contribution in [3.8, 4) is 0 Å². The molecule has 1 heterocycles. The number of hydrogen-bond acceptors (Lipinski definition) is 5. The molecule has 5 nitrogen and oxygen atoms in total. The van der Waals surface area contributed by atoms with Gasteiger partial charge in [-0.3, -0.25) is 0 Å². The van der Waals surface area contributed by atoms with Crippen LogP contribution in [-0.2, 0) is 14.3 Å². The van der Waals surface area contributed by atoms with E-state index in [1.54, 1.807) is 24.3 Å². The van der Waals surface area contributed by atoms with Crippen LogP contribution in [0.2, 0.25) is 0 Å². The highest BCUT2D eigenvalue weighted by molar-refractivity contribution is 5.89. The lowest BCUT2D eigenvalue weighted by atomic mass is 9.73. The number of aliphatic hydroxyl groups is 1. The quantitative estimate of drug-likeness (QED) is 0.863. The van der Waals surface area contributed by atoms with E-state index in [2.05, 4.69) is 13.8 Å². The molecule has 2 bridgehead atoms. The molecule has 2 aliphatic rings. The van der Waals surface area contributed by atoms with E-state index >= 15 is 0 Å². The van der Waals surface area contributed by atoms with Crippen molar-refractivity contribution in [1.82, 2.24) is 0 Å². The highest BCUT2D eigenvalue weighted by Crippen LogP contribution is 2.44. The first-order chi connectivity index (χ1) is 10.9. The third-order valence-corrected chi connectivity index (χ3v) is 4.63. The second kappa shape index (κ2) is 5.96. The van der Waals surface area contributed by atoms with Gasteiger partial charge in [-0.15, -0.1) is 0 Å². The molecule has 2 fully saturated rings. The van der Waals surface area contributed by atoms with Gasteiger partial charge in [-0.1, -0.05) is 32.0 Å². The number of hydrogen-bond donors (Lipinski definition) is 1. The van der Waals surface area contributed by atoms with Crippen LogP contribution in [-0.4, -0.2) is 34.9 Å². The summed E-state index contributed by atoms with van der Waals surface area (Å²) in [4.78, 5) is 24.3. The Bertz CT molecular complexity index is 597. The van der Waals surface area contributed by atoms with Gasteiger partial charge in [-0.2, -0.15) is 0 Å². The van der Waals surface area contributed by atoms with Crippen LogP contribution in [0.5, 0.6) is 0 Å². The molecule has 0 unspecified atom stereocenters. The van der Waals surface area contributed by atoms with Crippen LogP contribution in [0.15, 0.2) is 30.3 Å². The predicted octanol–water partition coefficient (Wildman–Crippen LogP) is 2.32. The lowest BCUT2D eigenvalue weighted by Crippen LogP contribution is -2.47. The molecule has 0 spiro atoms. The van der Waals surface area contributed by atoms with Crippen molar-refractivity contribution in [2.75, 3.05) is 0 Å². The minimum Gasteiger partial charge on any atom is -0.456 e. The summed E-state index contributed by atoms with van der Waals surface area (Å²) in [5, 5.41) is 10.4. The van der Waals surface area contributed by atoms with Gasteiger partial charge in [-0.25, -0.2) is 9.59 Å². The molecule has 1 saturated carbocycles. The highest BCUT2D eigenvalue weighted by Gasteiger charge is 2.58. The van der Waals surface area contributed by atoms with E-state index in [1.165, 1.54) is 0 Å². The van der Waals surface area contributed by atoms with Gasteiger partial charge >= 0.3 is 11.9 Å². The zero-order chi connectivity index (χ0) is 16.6. The van der Waals surface area contributed by atoms with Crippen LogP contribution in [0.25, 0.3) is 0 Å². The molecule has 0 amide bonds. The predicted molar refractivity (Wildman–Crippen MR) is 82.7 cm³/mol. The van der Waals surface area contributed by atoms with Gasteiger partial charge in [-0.05, 0) is 30.9 Å². The van der Waals surface area contributed by atoms with Gasteiger partial charge in [0, 0.05) is 12.3 Å². The third kappa shape index (κ3) is 3.11. The summed E-state index contributed by atoms with van der Waals surface area (Å²) < 4.78 is 11.0. The Labute approximate surface area is 135 Å². The number of carbonyl (C=O) groups excluding carboxylic acids is 2. The minimum atomic E-state index is -1.42. The second-order valence-corrected chi connectivity index (χ2v) is 7.01. The number of benzene rings is 1. The van der Waals surface area contributed by atoms with Gasteiger partial charge < -0.3 is 14.6 Å². The SMILES string of the molecule is CC(C)C[C@H]1C[C@]2(O)C[C@@H](OC2=O)[C@@H]1OC(=O)c1ccccc1. The van der Waals surface area contributed by atoms with Gasteiger partial charge in [0.15, 0.2) is 5.60 Å². The fraction of sp³-hybridized carbons (Fsp3) is 0.556. The van der Waals surface area contributed by atoms with Crippen molar-refractivity contribution in [3.05, 3.63) is 35.9 Å². The molecule has 1 aromatic carbocycles. The zero-order valence-electron chi connectivity index (χ0n) is 13.4. The molecule has 1 N–H and O–H groups in total. The minimum absolute atomic E-state index is 0.0853. The molecular formula is C18H22O5. The monoisotopic (exact) mass is 318 g/mol. The van der Waals surface area contributed by atoms with Gasteiger partial charge in [0.05, 0.1) is 5.56 Å². The van der Waals surface area contributed by atoms with Crippen molar-refractivity contribution in [2.24, 2.45) is 11.8 Å². The number of carbonyl (C=O) groups is 2. The summed E-state index contributed by atoms with van der Waals surface area (Å²) in [5.74, 6) is -0.723. The second-order valence-electron chi connectivity index (χ2n) is 7.01. The Kier molecular flexibility index (Phi) is 4.15. The Morgan fingerprint density at radius 2 is 2.04 bits per heavy atom. The number of ether oxygens (including phenoxy) is 2. The van der Waals surface area contributed by atoms with Crippen LogP contribution in [0.1, 0.15) is 43.5 Å². The standard InChI is InChI=1S/C18H22O5/c1-11(2)8-13-9-18(21)10-14(22-17(18)20)15(13)23-16(19)12-6-4-3-5-7-12/h3-7,11,13-15,21H,8-10H2,1-2H3/t13-,14+,15+,18-/m0/s1. The maximum atomic E-state index is 12.4. The lowest BCUT2D eigenvalue weighted by molar-refractivity contribution is -0.154. The summed E-state index contributed by atoms with van der Waals surface area (Å²) in [6, 6.07) is 8.77. The molecular weight excluding hydrogens is 296 g/mol. The molecule has 1 aromatic rings. The van der Waals surface area contributed by atoms with E-state index in [0.717, 1.165) is 6.42 Å². The average molecular weight is 318 g/mol. The summed E-state index contributed by atoms with van der Waals surface area (Å²) in [7, 11) is 0. The molecule has 0 aromatic heterocycles. The van der Waals surface area contributed by atoms with Crippen LogP contribution in [0.4, 0.5) is 0 Å². The topological polar surface area (TPSA) is 72.8 Å². The van der Waals surface area contributed by atoms with Crippen molar-refractivity contribution in [2.45, 2.75) is 50.9 Å². The molecule has 0 radical (unpaired) electrons. The van der Waals surface area contributed by atoms with E-state index in [1.807, 2.05) is 6.07 Å². The largest absolute Gasteiger partial charge is 0.456 e. The average Bonchev–Trinajstić information content (AvgIpc) is 2.74. The molecule has 1 saturated heterocycles. The molecule has 4 atom stereocenters. The Morgan fingerprint density at radius 3 is 2.70 bits per heavy atom. The van der Waals surface area contributed by atoms with Crippen LogP contribution in [0, 0.1) is 11.8 Å². The van der Waals surface area contributed by atoms with E-state index < -0.39 is 29.7 Å². The first kappa shape index (κ1) is 16.0. The van der Waals surface area contributed by atoms with Gasteiger partial charge in [0.1, 0.15) is 12.2 Å². The van der Waals surface area contributed by atoms with Crippen molar-refractivity contribution < 1.29 is 24.2 Å². The summed E-state index contributed by atoms with van der Waals surface area (Å²) >= 11 is 0. The normalized spacial score (nSPS) is 32.7. The first-order valence-corrected chi connectivity index (χ1v) is 8.08. The molecule has 1 aliphatic carbocycles. The van der Waals surface area contributed by atoms with Gasteiger partial charge in [0.2, 0.25) is 0 Å². The fourth-order valence-corrected chi connectivity index (χ4v) is 3.67. The molecule has 1 aliphatic heterocycles. The van der Waals surface area contributed by atoms with Crippen molar-refractivity contribution in [1.29, 1.82) is 0 Å². The van der Waals surface area contributed by atoms with Crippen LogP contribution < -0.4 is 0 Å².